The van der Waals surface area contributed by atoms with Gasteiger partial charge in [-0.25, -0.2) is 0 Å². The van der Waals surface area contributed by atoms with Gasteiger partial charge in [0.2, 0.25) is 5.91 Å². The molecule has 2 aliphatic heterocycles. The SMILES string of the molecule is Cc1ccc(C(=O)N2CCC3(CC2)C[C@@H](CC(=O)NC(C)C)c2ccccc2O3)o1. The number of hydrogen-bond acceptors (Lipinski definition) is 4. The second-order valence-corrected chi connectivity index (χ2v) is 8.85. The minimum atomic E-state index is -0.340. The number of ether oxygens (including phenoxy) is 1. The van der Waals surface area contributed by atoms with Crippen LogP contribution in [-0.4, -0.2) is 41.4 Å². The molecule has 1 spiro atoms. The lowest BCUT2D eigenvalue weighted by atomic mass is 9.76. The molecule has 1 N–H and O–H groups in total. The Balaban J connectivity index is 1.48. The summed E-state index contributed by atoms with van der Waals surface area (Å²) in [7, 11) is 0. The first-order valence-electron chi connectivity index (χ1n) is 10.8. The lowest BCUT2D eigenvalue weighted by Gasteiger charge is -2.46. The predicted molar refractivity (Wildman–Crippen MR) is 114 cm³/mol. The van der Waals surface area contributed by atoms with Gasteiger partial charge in [-0.1, -0.05) is 18.2 Å². The van der Waals surface area contributed by atoms with Crippen LogP contribution in [0.1, 0.15) is 67.3 Å². The van der Waals surface area contributed by atoms with E-state index in [0.717, 1.165) is 36.3 Å². The molecule has 1 fully saturated rings. The number of hydrogen-bond donors (Lipinski definition) is 1. The van der Waals surface area contributed by atoms with Gasteiger partial charge in [-0.05, 0) is 51.0 Å². The van der Waals surface area contributed by atoms with Gasteiger partial charge in [0.15, 0.2) is 5.76 Å². The maximum absolute atomic E-state index is 12.7. The largest absolute Gasteiger partial charge is 0.487 e. The van der Waals surface area contributed by atoms with Gasteiger partial charge in [-0.2, -0.15) is 0 Å². The topological polar surface area (TPSA) is 71.8 Å². The number of fused-ring (bicyclic) bond motifs is 1. The minimum Gasteiger partial charge on any atom is -0.487 e. The summed E-state index contributed by atoms with van der Waals surface area (Å²) in [4.78, 5) is 27.1. The molecule has 1 saturated heterocycles. The fraction of sp³-hybridized carbons (Fsp3) is 0.500. The zero-order chi connectivity index (χ0) is 21.3. The number of nitrogens with one attached hydrogen (secondary N) is 1. The van der Waals surface area contributed by atoms with Crippen molar-refractivity contribution in [3.63, 3.8) is 0 Å². The van der Waals surface area contributed by atoms with Crippen LogP contribution in [0, 0.1) is 6.92 Å². The molecule has 30 heavy (non-hydrogen) atoms. The van der Waals surface area contributed by atoms with Crippen molar-refractivity contribution in [3.8, 4) is 5.75 Å². The van der Waals surface area contributed by atoms with Gasteiger partial charge in [-0.15, -0.1) is 0 Å². The summed E-state index contributed by atoms with van der Waals surface area (Å²) in [5, 5.41) is 3.01. The molecule has 160 valence electrons. The molecule has 1 aromatic heterocycles. The molecule has 6 nitrogen and oxygen atoms in total. The summed E-state index contributed by atoms with van der Waals surface area (Å²) in [6.45, 7) is 7.03. The van der Waals surface area contributed by atoms with Crippen molar-refractivity contribution in [1.29, 1.82) is 0 Å². The summed E-state index contributed by atoms with van der Waals surface area (Å²) < 4.78 is 12.0. The van der Waals surface area contributed by atoms with Crippen molar-refractivity contribution in [2.75, 3.05) is 13.1 Å². The first-order valence-corrected chi connectivity index (χ1v) is 10.8. The summed E-state index contributed by atoms with van der Waals surface area (Å²) in [6, 6.07) is 11.7. The van der Waals surface area contributed by atoms with Crippen LogP contribution in [0.3, 0.4) is 0 Å². The van der Waals surface area contributed by atoms with E-state index in [-0.39, 0.29) is 29.4 Å². The van der Waals surface area contributed by atoms with Gasteiger partial charge in [0.05, 0.1) is 0 Å². The van der Waals surface area contributed by atoms with E-state index in [2.05, 4.69) is 11.4 Å². The fourth-order valence-electron chi connectivity index (χ4n) is 4.66. The zero-order valence-corrected chi connectivity index (χ0v) is 17.9. The molecule has 0 unspecified atom stereocenters. The number of carbonyl (C=O) groups excluding carboxylic acids is 2. The van der Waals surface area contributed by atoms with Crippen LogP contribution < -0.4 is 10.1 Å². The molecular formula is C24H30N2O4. The molecule has 0 saturated carbocycles. The Hall–Kier alpha value is -2.76. The highest BCUT2D eigenvalue weighted by Gasteiger charge is 2.44. The summed E-state index contributed by atoms with van der Waals surface area (Å²) >= 11 is 0. The van der Waals surface area contributed by atoms with E-state index >= 15 is 0 Å². The smallest absolute Gasteiger partial charge is 0.289 e. The number of likely N-dealkylation sites (tertiary alicyclic amines) is 1. The Bertz CT molecular complexity index is 925. The van der Waals surface area contributed by atoms with Crippen LogP contribution in [0.15, 0.2) is 40.8 Å². The van der Waals surface area contributed by atoms with E-state index in [1.807, 2.05) is 49.9 Å². The molecule has 2 amide bonds. The standard InChI is InChI=1S/C24H30N2O4/c1-16(2)25-22(27)14-18-15-24(30-20-7-5-4-6-19(18)20)10-12-26(13-11-24)23(28)21-9-8-17(3)29-21/h4-9,16,18H,10-15H2,1-3H3,(H,25,27)/t18-/m1/s1. The average molecular weight is 411 g/mol. The number of furan rings is 1. The van der Waals surface area contributed by atoms with Crippen molar-refractivity contribution in [1.82, 2.24) is 10.2 Å². The molecule has 0 aliphatic carbocycles. The Morgan fingerprint density at radius 2 is 1.90 bits per heavy atom. The first kappa shape index (κ1) is 20.5. The maximum Gasteiger partial charge on any atom is 0.289 e. The third kappa shape index (κ3) is 4.23. The summed E-state index contributed by atoms with van der Waals surface area (Å²) in [5.41, 5.74) is 0.763. The van der Waals surface area contributed by atoms with Crippen LogP contribution in [0.2, 0.25) is 0 Å². The maximum atomic E-state index is 12.7. The fourth-order valence-corrected chi connectivity index (χ4v) is 4.66. The van der Waals surface area contributed by atoms with Gasteiger partial charge < -0.3 is 19.4 Å². The zero-order valence-electron chi connectivity index (χ0n) is 17.9. The molecular weight excluding hydrogens is 380 g/mol. The van der Waals surface area contributed by atoms with Crippen LogP contribution in [0.5, 0.6) is 5.75 Å². The number of amides is 2. The third-order valence-corrected chi connectivity index (χ3v) is 6.10. The normalized spacial score (nSPS) is 20.0. The van der Waals surface area contributed by atoms with Crippen molar-refractivity contribution < 1.29 is 18.7 Å². The second-order valence-electron chi connectivity index (χ2n) is 8.85. The number of para-hydroxylation sites is 1. The predicted octanol–water partition coefficient (Wildman–Crippen LogP) is 4.04. The molecule has 1 atom stereocenters. The Morgan fingerprint density at radius 3 is 2.57 bits per heavy atom. The minimum absolute atomic E-state index is 0.0676. The van der Waals surface area contributed by atoms with E-state index < -0.39 is 0 Å². The molecule has 2 aromatic rings. The molecule has 0 bridgehead atoms. The molecule has 2 aliphatic rings. The second kappa shape index (κ2) is 8.17. The average Bonchev–Trinajstić information content (AvgIpc) is 3.14. The quantitative estimate of drug-likeness (QED) is 0.826. The number of aryl methyl sites for hydroxylation is 1. The number of benzene rings is 1. The van der Waals surface area contributed by atoms with Crippen LogP contribution in [0.4, 0.5) is 0 Å². The van der Waals surface area contributed by atoms with Crippen LogP contribution in [0.25, 0.3) is 0 Å². The summed E-state index contributed by atoms with van der Waals surface area (Å²) in [5.74, 6) is 2.11. The van der Waals surface area contributed by atoms with Crippen molar-refractivity contribution in [3.05, 3.63) is 53.5 Å². The highest BCUT2D eigenvalue weighted by molar-refractivity contribution is 5.91. The van der Waals surface area contributed by atoms with Crippen molar-refractivity contribution in [2.24, 2.45) is 0 Å². The van der Waals surface area contributed by atoms with E-state index in [0.29, 0.717) is 25.3 Å². The lowest BCUT2D eigenvalue weighted by molar-refractivity contribution is -0.122. The van der Waals surface area contributed by atoms with Gasteiger partial charge in [0, 0.05) is 44.3 Å². The van der Waals surface area contributed by atoms with Crippen molar-refractivity contribution >= 4 is 11.8 Å². The van der Waals surface area contributed by atoms with Gasteiger partial charge >= 0.3 is 0 Å². The number of rotatable bonds is 4. The number of nitrogens with zero attached hydrogens (tertiary/aromatic N) is 1. The van der Waals surface area contributed by atoms with Crippen LogP contribution in [-0.2, 0) is 4.79 Å². The molecule has 3 heterocycles. The van der Waals surface area contributed by atoms with Crippen LogP contribution >= 0.6 is 0 Å². The van der Waals surface area contributed by atoms with E-state index in [1.54, 1.807) is 6.07 Å². The number of piperidine rings is 1. The Morgan fingerprint density at radius 1 is 1.17 bits per heavy atom. The third-order valence-electron chi connectivity index (χ3n) is 6.10. The Labute approximate surface area is 177 Å². The molecule has 6 heteroatoms. The number of carbonyl (C=O) groups is 2. The van der Waals surface area contributed by atoms with E-state index in [4.69, 9.17) is 9.15 Å². The van der Waals surface area contributed by atoms with Gasteiger partial charge in [0.25, 0.3) is 5.91 Å². The molecule has 0 radical (unpaired) electrons. The first-order chi connectivity index (χ1) is 14.3. The Kier molecular flexibility index (Phi) is 5.58. The van der Waals surface area contributed by atoms with E-state index in [1.165, 1.54) is 0 Å². The van der Waals surface area contributed by atoms with Crippen molar-refractivity contribution in [2.45, 2.75) is 64.0 Å². The van der Waals surface area contributed by atoms with Gasteiger partial charge in [-0.3, -0.25) is 9.59 Å². The summed E-state index contributed by atoms with van der Waals surface area (Å²) in [6.07, 6.45) is 2.73. The monoisotopic (exact) mass is 410 g/mol. The molecule has 1 aromatic carbocycles. The van der Waals surface area contributed by atoms with Gasteiger partial charge in [0.1, 0.15) is 17.1 Å². The highest BCUT2D eigenvalue weighted by atomic mass is 16.5. The molecule has 4 rings (SSSR count). The van der Waals surface area contributed by atoms with E-state index in [9.17, 15) is 9.59 Å². The highest BCUT2D eigenvalue weighted by Crippen LogP contribution is 2.46. The lowest BCUT2D eigenvalue weighted by Crippen LogP contribution is -2.52.